The van der Waals surface area contributed by atoms with Crippen molar-refractivity contribution in [3.63, 3.8) is 0 Å². The summed E-state index contributed by atoms with van der Waals surface area (Å²) in [7, 11) is 0. The zero-order chi connectivity index (χ0) is 15.2. The molecule has 0 aromatic heterocycles. The normalized spacial score (nSPS) is 14.8. The van der Waals surface area contributed by atoms with Crippen LogP contribution in [0.3, 0.4) is 0 Å². The lowest BCUT2D eigenvalue weighted by atomic mass is 10.1. The van der Waals surface area contributed by atoms with Gasteiger partial charge in [0, 0.05) is 43.5 Å². The van der Waals surface area contributed by atoms with Gasteiger partial charge in [-0.25, -0.2) is 0 Å². The number of carbonyl (C=O) groups is 1. The SMILES string of the molecule is Cc1cc(N2CCCC2)ccc1NC(=O)CCNC(C)C. The molecule has 116 valence electrons. The highest BCUT2D eigenvalue weighted by Gasteiger charge is 2.13. The largest absolute Gasteiger partial charge is 0.372 e. The van der Waals surface area contributed by atoms with Crippen LogP contribution in [0.4, 0.5) is 11.4 Å². The Morgan fingerprint density at radius 2 is 2.00 bits per heavy atom. The number of rotatable bonds is 6. The average molecular weight is 289 g/mol. The molecule has 1 aromatic rings. The van der Waals surface area contributed by atoms with Crippen molar-refractivity contribution >= 4 is 17.3 Å². The molecule has 1 aliphatic rings. The molecular weight excluding hydrogens is 262 g/mol. The van der Waals surface area contributed by atoms with E-state index in [4.69, 9.17) is 0 Å². The first kappa shape index (κ1) is 15.8. The van der Waals surface area contributed by atoms with Crippen molar-refractivity contribution in [3.8, 4) is 0 Å². The average Bonchev–Trinajstić information content (AvgIpc) is 2.94. The Balaban J connectivity index is 1.89. The van der Waals surface area contributed by atoms with E-state index in [0.717, 1.165) is 24.3 Å². The lowest BCUT2D eigenvalue weighted by Crippen LogP contribution is -2.27. The van der Waals surface area contributed by atoms with Gasteiger partial charge in [-0.1, -0.05) is 13.8 Å². The van der Waals surface area contributed by atoms with E-state index in [0.29, 0.717) is 19.0 Å². The van der Waals surface area contributed by atoms with Crippen LogP contribution in [0.25, 0.3) is 0 Å². The molecular formula is C17H27N3O. The van der Waals surface area contributed by atoms with Gasteiger partial charge in [0.2, 0.25) is 5.91 Å². The van der Waals surface area contributed by atoms with Crippen LogP contribution in [-0.2, 0) is 4.79 Å². The molecule has 0 atom stereocenters. The van der Waals surface area contributed by atoms with Crippen LogP contribution in [0.1, 0.15) is 38.7 Å². The van der Waals surface area contributed by atoms with Crippen molar-refractivity contribution in [1.82, 2.24) is 5.32 Å². The highest BCUT2D eigenvalue weighted by atomic mass is 16.1. The minimum Gasteiger partial charge on any atom is -0.372 e. The number of carbonyl (C=O) groups excluding carboxylic acids is 1. The first-order chi connectivity index (χ1) is 10.1. The molecule has 0 bridgehead atoms. The number of nitrogens with one attached hydrogen (secondary N) is 2. The van der Waals surface area contributed by atoms with Gasteiger partial charge in [0.15, 0.2) is 0 Å². The number of hydrogen-bond acceptors (Lipinski definition) is 3. The van der Waals surface area contributed by atoms with Crippen molar-refractivity contribution < 1.29 is 4.79 Å². The maximum Gasteiger partial charge on any atom is 0.225 e. The quantitative estimate of drug-likeness (QED) is 0.846. The molecule has 1 heterocycles. The van der Waals surface area contributed by atoms with E-state index in [1.54, 1.807) is 0 Å². The third kappa shape index (κ3) is 4.74. The fourth-order valence-corrected chi connectivity index (χ4v) is 2.65. The molecule has 0 aliphatic carbocycles. The molecule has 0 saturated carbocycles. The van der Waals surface area contributed by atoms with Gasteiger partial charge in [-0.2, -0.15) is 0 Å². The number of anilines is 2. The van der Waals surface area contributed by atoms with Gasteiger partial charge in [0.1, 0.15) is 0 Å². The molecule has 0 spiro atoms. The highest BCUT2D eigenvalue weighted by molar-refractivity contribution is 5.91. The second kappa shape index (κ2) is 7.46. The van der Waals surface area contributed by atoms with Crippen molar-refractivity contribution in [3.05, 3.63) is 23.8 Å². The zero-order valence-corrected chi connectivity index (χ0v) is 13.4. The molecule has 1 aromatic carbocycles. The van der Waals surface area contributed by atoms with Crippen LogP contribution in [0, 0.1) is 6.92 Å². The Labute approximate surface area is 127 Å². The van der Waals surface area contributed by atoms with Crippen LogP contribution >= 0.6 is 0 Å². The summed E-state index contributed by atoms with van der Waals surface area (Å²) >= 11 is 0. The molecule has 1 amide bonds. The summed E-state index contributed by atoms with van der Waals surface area (Å²) in [6.45, 7) is 9.23. The maximum atomic E-state index is 11.9. The Kier molecular flexibility index (Phi) is 5.62. The molecule has 0 radical (unpaired) electrons. The van der Waals surface area contributed by atoms with Crippen molar-refractivity contribution in [2.24, 2.45) is 0 Å². The summed E-state index contributed by atoms with van der Waals surface area (Å²) in [4.78, 5) is 14.3. The van der Waals surface area contributed by atoms with Crippen molar-refractivity contribution in [2.45, 2.75) is 46.1 Å². The lowest BCUT2D eigenvalue weighted by Gasteiger charge is -2.19. The Morgan fingerprint density at radius 3 is 2.62 bits per heavy atom. The number of hydrogen-bond donors (Lipinski definition) is 2. The van der Waals surface area contributed by atoms with Gasteiger partial charge in [-0.3, -0.25) is 4.79 Å². The van der Waals surface area contributed by atoms with Gasteiger partial charge in [-0.15, -0.1) is 0 Å². The molecule has 4 nitrogen and oxygen atoms in total. The number of benzene rings is 1. The third-order valence-corrected chi connectivity index (χ3v) is 3.86. The van der Waals surface area contributed by atoms with Crippen LogP contribution < -0.4 is 15.5 Å². The second-order valence-electron chi connectivity index (χ2n) is 6.10. The fourth-order valence-electron chi connectivity index (χ4n) is 2.65. The maximum absolute atomic E-state index is 11.9. The monoisotopic (exact) mass is 289 g/mol. The highest BCUT2D eigenvalue weighted by Crippen LogP contribution is 2.25. The summed E-state index contributed by atoms with van der Waals surface area (Å²) < 4.78 is 0. The van der Waals surface area contributed by atoms with E-state index in [9.17, 15) is 4.79 Å². The topological polar surface area (TPSA) is 44.4 Å². The molecule has 21 heavy (non-hydrogen) atoms. The Hall–Kier alpha value is -1.55. The van der Waals surface area contributed by atoms with Crippen LogP contribution in [0.5, 0.6) is 0 Å². The van der Waals surface area contributed by atoms with Gasteiger partial charge in [0.25, 0.3) is 0 Å². The Morgan fingerprint density at radius 1 is 1.29 bits per heavy atom. The molecule has 4 heteroatoms. The van der Waals surface area contributed by atoms with Crippen LogP contribution in [0.15, 0.2) is 18.2 Å². The molecule has 0 unspecified atom stereocenters. The zero-order valence-electron chi connectivity index (χ0n) is 13.4. The second-order valence-corrected chi connectivity index (χ2v) is 6.10. The van der Waals surface area contributed by atoms with Crippen LogP contribution in [0.2, 0.25) is 0 Å². The predicted octanol–water partition coefficient (Wildman–Crippen LogP) is 2.92. The first-order valence-corrected chi connectivity index (χ1v) is 7.95. The summed E-state index contributed by atoms with van der Waals surface area (Å²) in [6, 6.07) is 6.73. The van der Waals surface area contributed by atoms with Gasteiger partial charge in [-0.05, 0) is 43.5 Å². The standard InChI is InChI=1S/C17H27N3O/c1-13(2)18-9-8-17(21)19-16-7-6-15(12-14(16)3)20-10-4-5-11-20/h6-7,12-13,18H,4-5,8-11H2,1-3H3,(H,19,21). The summed E-state index contributed by atoms with van der Waals surface area (Å²) in [5.41, 5.74) is 3.32. The van der Waals surface area contributed by atoms with Crippen molar-refractivity contribution in [2.75, 3.05) is 29.9 Å². The Bertz CT molecular complexity index is 479. The van der Waals surface area contributed by atoms with E-state index in [1.807, 2.05) is 6.07 Å². The first-order valence-electron chi connectivity index (χ1n) is 7.95. The van der Waals surface area contributed by atoms with E-state index >= 15 is 0 Å². The molecule has 2 N–H and O–H groups in total. The number of amides is 1. The van der Waals surface area contributed by atoms with Gasteiger partial charge in [0.05, 0.1) is 0 Å². The minimum absolute atomic E-state index is 0.0696. The molecule has 2 rings (SSSR count). The molecule has 1 aliphatic heterocycles. The van der Waals surface area contributed by atoms with Gasteiger partial charge >= 0.3 is 0 Å². The number of aryl methyl sites for hydroxylation is 1. The van der Waals surface area contributed by atoms with Crippen molar-refractivity contribution in [1.29, 1.82) is 0 Å². The summed E-state index contributed by atoms with van der Waals surface area (Å²) in [6.07, 6.45) is 3.06. The van der Waals surface area contributed by atoms with E-state index < -0.39 is 0 Å². The van der Waals surface area contributed by atoms with E-state index in [-0.39, 0.29) is 5.91 Å². The fraction of sp³-hybridized carbons (Fsp3) is 0.588. The molecule has 1 saturated heterocycles. The minimum atomic E-state index is 0.0696. The smallest absolute Gasteiger partial charge is 0.225 e. The van der Waals surface area contributed by atoms with E-state index in [1.165, 1.54) is 18.5 Å². The molecule has 1 fully saturated rings. The van der Waals surface area contributed by atoms with Gasteiger partial charge < -0.3 is 15.5 Å². The summed E-state index contributed by atoms with van der Waals surface area (Å²) in [5, 5.41) is 6.26. The van der Waals surface area contributed by atoms with E-state index in [2.05, 4.69) is 48.4 Å². The lowest BCUT2D eigenvalue weighted by molar-refractivity contribution is -0.116. The number of nitrogens with zero attached hydrogens (tertiary/aromatic N) is 1. The predicted molar refractivity (Wildman–Crippen MR) is 89.0 cm³/mol. The van der Waals surface area contributed by atoms with Crippen LogP contribution in [-0.4, -0.2) is 31.6 Å². The summed E-state index contributed by atoms with van der Waals surface area (Å²) in [5.74, 6) is 0.0696. The third-order valence-electron chi connectivity index (χ3n) is 3.86.